The first kappa shape index (κ1) is 12.4. The minimum atomic E-state index is -0.331. The molecule has 2 fully saturated rings. The predicted molar refractivity (Wildman–Crippen MR) is 68.3 cm³/mol. The van der Waals surface area contributed by atoms with E-state index in [9.17, 15) is 5.11 Å². The first-order chi connectivity index (χ1) is 7.63. The second kappa shape index (κ2) is 5.08. The molecule has 0 aromatic heterocycles. The topological polar surface area (TPSA) is 20.2 Å². The van der Waals surface area contributed by atoms with E-state index in [-0.39, 0.29) is 5.60 Å². The van der Waals surface area contributed by atoms with Crippen LogP contribution in [0, 0.1) is 17.8 Å². The largest absolute Gasteiger partial charge is 0.389 e. The van der Waals surface area contributed by atoms with Crippen molar-refractivity contribution in [3.63, 3.8) is 0 Å². The van der Waals surface area contributed by atoms with E-state index in [1.807, 2.05) is 0 Å². The van der Waals surface area contributed by atoms with E-state index in [1.165, 1.54) is 51.4 Å². The normalized spacial score (nSPS) is 42.9. The summed E-state index contributed by atoms with van der Waals surface area (Å²) in [7, 11) is 0. The van der Waals surface area contributed by atoms with Gasteiger partial charge in [-0.15, -0.1) is 0 Å². The molecule has 3 unspecified atom stereocenters. The van der Waals surface area contributed by atoms with Gasteiger partial charge >= 0.3 is 0 Å². The summed E-state index contributed by atoms with van der Waals surface area (Å²) in [6.45, 7) is 4.59. The van der Waals surface area contributed by atoms with Crippen LogP contribution in [0.3, 0.4) is 0 Å². The fourth-order valence-corrected chi connectivity index (χ4v) is 3.99. The molecule has 0 aromatic rings. The van der Waals surface area contributed by atoms with Crippen LogP contribution < -0.4 is 0 Å². The van der Waals surface area contributed by atoms with Gasteiger partial charge in [0.05, 0.1) is 5.60 Å². The fraction of sp³-hybridized carbons (Fsp3) is 1.00. The van der Waals surface area contributed by atoms with Crippen molar-refractivity contribution in [1.82, 2.24) is 0 Å². The third-order valence-electron chi connectivity index (χ3n) is 5.18. The molecule has 3 atom stereocenters. The van der Waals surface area contributed by atoms with Crippen LogP contribution in [0.2, 0.25) is 0 Å². The quantitative estimate of drug-likeness (QED) is 0.664. The van der Waals surface area contributed by atoms with Gasteiger partial charge < -0.3 is 5.11 Å². The van der Waals surface area contributed by atoms with Crippen molar-refractivity contribution in [3.8, 4) is 0 Å². The Morgan fingerprint density at radius 1 is 0.875 bits per heavy atom. The molecule has 0 spiro atoms. The maximum atomic E-state index is 11.1. The van der Waals surface area contributed by atoms with Gasteiger partial charge in [-0.25, -0.2) is 0 Å². The van der Waals surface area contributed by atoms with Gasteiger partial charge in [0.25, 0.3) is 0 Å². The molecule has 2 rings (SSSR count). The van der Waals surface area contributed by atoms with Gasteiger partial charge in [-0.1, -0.05) is 46.0 Å². The maximum Gasteiger partial charge on any atom is 0.0703 e. The molecule has 0 aromatic carbocycles. The van der Waals surface area contributed by atoms with E-state index in [2.05, 4.69) is 13.8 Å². The highest BCUT2D eigenvalue weighted by Crippen LogP contribution is 2.45. The average Bonchev–Trinajstić information content (AvgIpc) is 2.52. The summed E-state index contributed by atoms with van der Waals surface area (Å²) in [5, 5.41) is 11.1. The fourth-order valence-electron chi connectivity index (χ4n) is 3.99. The summed E-state index contributed by atoms with van der Waals surface area (Å²) in [5.41, 5.74) is -0.331. The van der Waals surface area contributed by atoms with Gasteiger partial charge in [-0.2, -0.15) is 0 Å². The van der Waals surface area contributed by atoms with Crippen molar-refractivity contribution in [1.29, 1.82) is 0 Å². The highest BCUT2D eigenvalue weighted by Gasteiger charge is 2.44. The van der Waals surface area contributed by atoms with Gasteiger partial charge in [-0.3, -0.25) is 0 Å². The molecule has 16 heavy (non-hydrogen) atoms. The van der Waals surface area contributed by atoms with Crippen molar-refractivity contribution in [3.05, 3.63) is 0 Å². The van der Waals surface area contributed by atoms with Crippen LogP contribution in [0.5, 0.6) is 0 Å². The SMILES string of the molecule is CC1CCC(C)C(O)(C2CCCCCC2)C1. The molecule has 0 bridgehead atoms. The Morgan fingerprint density at radius 2 is 1.50 bits per heavy atom. The molecule has 94 valence electrons. The Kier molecular flexibility index (Phi) is 3.94. The van der Waals surface area contributed by atoms with E-state index < -0.39 is 0 Å². The van der Waals surface area contributed by atoms with Crippen LogP contribution in [-0.4, -0.2) is 10.7 Å². The minimum Gasteiger partial charge on any atom is -0.389 e. The third-order valence-corrected chi connectivity index (χ3v) is 5.18. The van der Waals surface area contributed by atoms with Crippen LogP contribution in [0.25, 0.3) is 0 Å². The summed E-state index contributed by atoms with van der Waals surface area (Å²) >= 11 is 0. The number of hydrogen-bond acceptors (Lipinski definition) is 1. The molecule has 1 heteroatoms. The zero-order valence-electron chi connectivity index (χ0n) is 11.0. The monoisotopic (exact) mass is 224 g/mol. The maximum absolute atomic E-state index is 11.1. The standard InChI is InChI=1S/C15H28O/c1-12-9-10-13(2)15(16,11-12)14-7-5-3-4-6-8-14/h12-14,16H,3-11H2,1-2H3. The molecule has 2 aliphatic carbocycles. The van der Waals surface area contributed by atoms with Gasteiger partial charge in [0.15, 0.2) is 0 Å². The van der Waals surface area contributed by atoms with E-state index in [0.29, 0.717) is 11.8 Å². The van der Waals surface area contributed by atoms with E-state index in [1.54, 1.807) is 0 Å². The van der Waals surface area contributed by atoms with Crippen LogP contribution in [0.1, 0.15) is 71.6 Å². The zero-order chi connectivity index (χ0) is 11.6. The highest BCUT2D eigenvalue weighted by molar-refractivity contribution is 4.95. The van der Waals surface area contributed by atoms with Crippen LogP contribution in [0.4, 0.5) is 0 Å². The molecular formula is C15H28O. The highest BCUT2D eigenvalue weighted by atomic mass is 16.3. The van der Waals surface area contributed by atoms with Gasteiger partial charge in [0.1, 0.15) is 0 Å². The van der Waals surface area contributed by atoms with Crippen LogP contribution in [0.15, 0.2) is 0 Å². The lowest BCUT2D eigenvalue weighted by atomic mass is 9.64. The molecular weight excluding hydrogens is 196 g/mol. The van der Waals surface area contributed by atoms with Crippen LogP contribution >= 0.6 is 0 Å². The van der Waals surface area contributed by atoms with Crippen molar-refractivity contribution in [2.75, 3.05) is 0 Å². The molecule has 0 aliphatic heterocycles. The lowest BCUT2D eigenvalue weighted by molar-refractivity contribution is -0.106. The van der Waals surface area contributed by atoms with E-state index in [0.717, 1.165) is 12.3 Å². The Balaban J connectivity index is 2.07. The Hall–Kier alpha value is -0.0400. The predicted octanol–water partition coefficient (Wildman–Crippen LogP) is 4.14. The smallest absolute Gasteiger partial charge is 0.0703 e. The Bertz CT molecular complexity index is 217. The summed E-state index contributed by atoms with van der Waals surface area (Å²) in [5.74, 6) is 1.84. The lowest BCUT2D eigenvalue weighted by Crippen LogP contribution is -2.48. The lowest BCUT2D eigenvalue weighted by Gasteiger charge is -2.46. The van der Waals surface area contributed by atoms with Gasteiger partial charge in [0.2, 0.25) is 0 Å². The van der Waals surface area contributed by atoms with Gasteiger partial charge in [-0.05, 0) is 43.4 Å². The molecule has 1 N–H and O–H groups in total. The zero-order valence-corrected chi connectivity index (χ0v) is 11.0. The Labute approximate surface area is 101 Å². The van der Waals surface area contributed by atoms with E-state index >= 15 is 0 Å². The van der Waals surface area contributed by atoms with E-state index in [4.69, 9.17) is 0 Å². The summed E-state index contributed by atoms with van der Waals surface area (Å²) in [6.07, 6.45) is 11.6. The molecule has 2 saturated carbocycles. The second-order valence-electron chi connectivity index (χ2n) is 6.47. The molecule has 0 radical (unpaired) electrons. The summed E-state index contributed by atoms with van der Waals surface area (Å²) in [6, 6.07) is 0. The second-order valence-corrected chi connectivity index (χ2v) is 6.47. The van der Waals surface area contributed by atoms with Gasteiger partial charge in [0, 0.05) is 0 Å². The first-order valence-corrected chi connectivity index (χ1v) is 7.35. The first-order valence-electron chi connectivity index (χ1n) is 7.35. The molecule has 1 nitrogen and oxygen atoms in total. The van der Waals surface area contributed by atoms with Crippen molar-refractivity contribution >= 4 is 0 Å². The van der Waals surface area contributed by atoms with Crippen molar-refractivity contribution in [2.24, 2.45) is 17.8 Å². The van der Waals surface area contributed by atoms with Crippen LogP contribution in [-0.2, 0) is 0 Å². The average molecular weight is 224 g/mol. The molecule has 2 aliphatic rings. The minimum absolute atomic E-state index is 0.331. The van der Waals surface area contributed by atoms with Crippen molar-refractivity contribution in [2.45, 2.75) is 77.2 Å². The summed E-state index contributed by atoms with van der Waals surface area (Å²) in [4.78, 5) is 0. The molecule has 0 heterocycles. The number of aliphatic hydroxyl groups is 1. The number of hydrogen-bond donors (Lipinski definition) is 1. The Morgan fingerprint density at radius 3 is 2.12 bits per heavy atom. The van der Waals surface area contributed by atoms with Crippen molar-refractivity contribution < 1.29 is 5.11 Å². The molecule has 0 amide bonds. The summed E-state index contributed by atoms with van der Waals surface area (Å²) < 4.78 is 0. The molecule has 0 saturated heterocycles. The third kappa shape index (κ3) is 2.45. The number of rotatable bonds is 1.